The number of nitrogens with one attached hydrogen (secondary N) is 1. The normalized spacial score (nSPS) is 10.4. The number of amides is 2. The van der Waals surface area contributed by atoms with Gasteiger partial charge in [-0.2, -0.15) is 0 Å². The third kappa shape index (κ3) is 4.83. The van der Waals surface area contributed by atoms with Crippen LogP contribution < -0.4 is 5.32 Å². The molecule has 0 atom stereocenters. The van der Waals surface area contributed by atoms with Crippen molar-refractivity contribution in [1.82, 2.24) is 10.2 Å². The van der Waals surface area contributed by atoms with Crippen LogP contribution in [0.1, 0.15) is 15.9 Å². The molecule has 7 heteroatoms. The van der Waals surface area contributed by atoms with Crippen LogP contribution in [0.25, 0.3) is 0 Å². The van der Waals surface area contributed by atoms with E-state index >= 15 is 0 Å². The fraction of sp³-hybridized carbons (Fsp3) is 0.385. The molecule has 1 aromatic carbocycles. The number of urea groups is 1. The molecule has 0 bridgehead atoms. The molecule has 0 saturated carbocycles. The Kier molecular flexibility index (Phi) is 5.89. The lowest BCUT2D eigenvalue weighted by atomic mass is 10.0. The number of nitrogens with zero attached hydrogens (tertiary/aromatic N) is 1. The highest BCUT2D eigenvalue weighted by molar-refractivity contribution is 5.89. The van der Waals surface area contributed by atoms with Crippen molar-refractivity contribution >= 4 is 12.0 Å². The molecule has 0 unspecified atom stereocenters. The highest BCUT2D eigenvalue weighted by Crippen LogP contribution is 2.10. The van der Waals surface area contributed by atoms with Crippen molar-refractivity contribution in [2.75, 3.05) is 20.1 Å². The van der Waals surface area contributed by atoms with Crippen molar-refractivity contribution < 1.29 is 23.5 Å². The zero-order valence-corrected chi connectivity index (χ0v) is 11.0. The monoisotopic (exact) mass is 286 g/mol. The van der Waals surface area contributed by atoms with Gasteiger partial charge < -0.3 is 15.3 Å². The van der Waals surface area contributed by atoms with Crippen molar-refractivity contribution in [3.05, 3.63) is 35.4 Å². The van der Waals surface area contributed by atoms with Gasteiger partial charge in [-0.3, -0.25) is 0 Å². The predicted octanol–water partition coefficient (Wildman–Crippen LogP) is 1.83. The molecular weight excluding hydrogens is 270 g/mol. The molecule has 20 heavy (non-hydrogen) atoms. The fourth-order valence-corrected chi connectivity index (χ4v) is 1.64. The highest BCUT2D eigenvalue weighted by atomic mass is 19.3. The van der Waals surface area contributed by atoms with Crippen molar-refractivity contribution in [2.45, 2.75) is 12.8 Å². The molecule has 0 saturated heterocycles. The summed E-state index contributed by atoms with van der Waals surface area (Å²) in [5.41, 5.74) is 0.766. The third-order valence-electron chi connectivity index (χ3n) is 2.72. The standard InChI is InChI=1S/C13H16F2N2O3/c1-17(13(20)16-8-11(14)15)7-6-9-4-2-3-5-10(9)12(18)19/h2-5,11H,6-8H2,1H3,(H,16,20)(H,18,19). The Morgan fingerprint density at radius 1 is 1.35 bits per heavy atom. The van der Waals surface area contributed by atoms with E-state index in [0.29, 0.717) is 12.0 Å². The molecule has 1 aromatic rings. The van der Waals surface area contributed by atoms with E-state index in [1.54, 1.807) is 18.2 Å². The van der Waals surface area contributed by atoms with Gasteiger partial charge in [-0.15, -0.1) is 0 Å². The maximum absolute atomic E-state index is 12.0. The minimum absolute atomic E-state index is 0.175. The van der Waals surface area contributed by atoms with Gasteiger partial charge in [0.05, 0.1) is 12.1 Å². The van der Waals surface area contributed by atoms with Crippen LogP contribution in [0, 0.1) is 0 Å². The van der Waals surface area contributed by atoms with Crippen LogP contribution in [-0.2, 0) is 6.42 Å². The number of benzene rings is 1. The molecule has 0 aliphatic heterocycles. The number of carbonyl (C=O) groups is 2. The molecule has 0 fully saturated rings. The van der Waals surface area contributed by atoms with Crippen LogP contribution in [0.5, 0.6) is 0 Å². The number of aromatic carboxylic acids is 1. The maximum atomic E-state index is 12.0. The summed E-state index contributed by atoms with van der Waals surface area (Å²) in [6.07, 6.45) is -2.26. The molecule has 1 rings (SSSR count). The average molecular weight is 286 g/mol. The second-order valence-electron chi connectivity index (χ2n) is 4.21. The Balaban J connectivity index is 2.54. The van der Waals surface area contributed by atoms with Crippen LogP contribution in [0.4, 0.5) is 13.6 Å². The lowest BCUT2D eigenvalue weighted by Gasteiger charge is -2.18. The van der Waals surface area contributed by atoms with Crippen molar-refractivity contribution in [2.24, 2.45) is 0 Å². The fourth-order valence-electron chi connectivity index (χ4n) is 1.64. The molecule has 5 nitrogen and oxygen atoms in total. The Labute approximate surface area is 115 Å². The molecule has 2 N–H and O–H groups in total. The molecule has 0 heterocycles. The van der Waals surface area contributed by atoms with E-state index in [4.69, 9.17) is 5.11 Å². The van der Waals surface area contributed by atoms with E-state index in [2.05, 4.69) is 5.32 Å². The van der Waals surface area contributed by atoms with E-state index < -0.39 is 25.0 Å². The highest BCUT2D eigenvalue weighted by Gasteiger charge is 2.13. The first-order chi connectivity index (χ1) is 9.41. The first kappa shape index (κ1) is 15.9. The minimum Gasteiger partial charge on any atom is -0.478 e. The second-order valence-corrected chi connectivity index (χ2v) is 4.21. The van der Waals surface area contributed by atoms with Gasteiger partial charge in [-0.1, -0.05) is 18.2 Å². The SMILES string of the molecule is CN(CCc1ccccc1C(=O)O)C(=O)NCC(F)F. The summed E-state index contributed by atoms with van der Waals surface area (Å²) in [6, 6.07) is 5.85. The van der Waals surface area contributed by atoms with Gasteiger partial charge in [0.2, 0.25) is 0 Å². The van der Waals surface area contributed by atoms with E-state index in [0.717, 1.165) is 0 Å². The number of carboxylic acids is 1. The Morgan fingerprint density at radius 2 is 2.00 bits per heavy atom. The second kappa shape index (κ2) is 7.42. The number of hydrogen-bond acceptors (Lipinski definition) is 2. The summed E-state index contributed by atoms with van der Waals surface area (Å²) in [5.74, 6) is -1.04. The number of carboxylic acid groups (broad SMARTS) is 1. The van der Waals surface area contributed by atoms with E-state index in [-0.39, 0.29) is 12.1 Å². The number of alkyl halides is 2. The summed E-state index contributed by atoms with van der Waals surface area (Å²) in [4.78, 5) is 23.7. The zero-order chi connectivity index (χ0) is 15.1. The van der Waals surface area contributed by atoms with Crippen LogP contribution in [0.2, 0.25) is 0 Å². The van der Waals surface area contributed by atoms with Crippen LogP contribution in [0.15, 0.2) is 24.3 Å². The number of rotatable bonds is 6. The summed E-state index contributed by atoms with van der Waals surface area (Å²) in [6.45, 7) is -0.464. The van der Waals surface area contributed by atoms with Gasteiger partial charge in [-0.25, -0.2) is 18.4 Å². The van der Waals surface area contributed by atoms with Crippen LogP contribution in [-0.4, -0.2) is 48.6 Å². The molecule has 0 aliphatic rings. The lowest BCUT2D eigenvalue weighted by molar-refractivity contribution is 0.0695. The van der Waals surface area contributed by atoms with Crippen LogP contribution in [0.3, 0.4) is 0 Å². The van der Waals surface area contributed by atoms with E-state index in [1.807, 2.05) is 0 Å². The summed E-state index contributed by atoms with van der Waals surface area (Å²) < 4.78 is 23.9. The molecule has 110 valence electrons. The molecule has 0 aliphatic carbocycles. The smallest absolute Gasteiger partial charge is 0.335 e. The molecular formula is C13H16F2N2O3. The van der Waals surface area contributed by atoms with Gasteiger partial charge in [0.25, 0.3) is 6.43 Å². The van der Waals surface area contributed by atoms with E-state index in [9.17, 15) is 18.4 Å². The zero-order valence-electron chi connectivity index (χ0n) is 11.0. The van der Waals surface area contributed by atoms with E-state index in [1.165, 1.54) is 18.0 Å². The molecule has 2 amide bonds. The predicted molar refractivity (Wildman–Crippen MR) is 69.1 cm³/mol. The van der Waals surface area contributed by atoms with Gasteiger partial charge in [0, 0.05) is 13.6 Å². The number of likely N-dealkylation sites (N-methyl/N-ethyl adjacent to an activating group) is 1. The molecule has 0 aromatic heterocycles. The topological polar surface area (TPSA) is 69.6 Å². The number of hydrogen-bond donors (Lipinski definition) is 2. The molecule has 0 spiro atoms. The number of carbonyl (C=O) groups excluding carboxylic acids is 1. The van der Waals surface area contributed by atoms with Crippen molar-refractivity contribution in [1.29, 1.82) is 0 Å². The Morgan fingerprint density at radius 3 is 2.60 bits per heavy atom. The Hall–Kier alpha value is -2.18. The van der Waals surface area contributed by atoms with Crippen molar-refractivity contribution in [3.8, 4) is 0 Å². The Bertz CT molecular complexity index is 480. The average Bonchev–Trinajstić information content (AvgIpc) is 2.42. The summed E-state index contributed by atoms with van der Waals surface area (Å²) in [5, 5.41) is 11.1. The van der Waals surface area contributed by atoms with Gasteiger partial charge in [0.15, 0.2) is 0 Å². The van der Waals surface area contributed by atoms with Gasteiger partial charge >= 0.3 is 12.0 Å². The van der Waals surface area contributed by atoms with Gasteiger partial charge in [-0.05, 0) is 18.1 Å². The largest absolute Gasteiger partial charge is 0.478 e. The third-order valence-corrected chi connectivity index (χ3v) is 2.72. The summed E-state index contributed by atoms with van der Waals surface area (Å²) >= 11 is 0. The van der Waals surface area contributed by atoms with Crippen LogP contribution >= 0.6 is 0 Å². The number of halogens is 2. The first-order valence-electron chi connectivity index (χ1n) is 6.00. The quantitative estimate of drug-likeness (QED) is 0.838. The first-order valence-corrected chi connectivity index (χ1v) is 6.00. The van der Waals surface area contributed by atoms with Gasteiger partial charge in [0.1, 0.15) is 0 Å². The molecule has 0 radical (unpaired) electrons. The lowest BCUT2D eigenvalue weighted by Crippen LogP contribution is -2.40. The minimum atomic E-state index is -2.60. The van der Waals surface area contributed by atoms with Crippen molar-refractivity contribution in [3.63, 3.8) is 0 Å². The maximum Gasteiger partial charge on any atom is 0.335 e. The summed E-state index contributed by atoms with van der Waals surface area (Å²) in [7, 11) is 1.46.